The lowest BCUT2D eigenvalue weighted by Crippen LogP contribution is -2.57. The Bertz CT molecular complexity index is 1060. The maximum Gasteiger partial charge on any atom is 0.279 e. The van der Waals surface area contributed by atoms with Gasteiger partial charge in [-0.3, -0.25) is 14.5 Å². The Morgan fingerprint density at radius 2 is 1.83 bits per heavy atom. The van der Waals surface area contributed by atoms with Crippen LogP contribution in [-0.4, -0.2) is 45.2 Å². The Morgan fingerprint density at radius 1 is 1.17 bits per heavy atom. The van der Waals surface area contributed by atoms with Crippen molar-refractivity contribution in [2.75, 3.05) is 6.54 Å². The van der Waals surface area contributed by atoms with Crippen LogP contribution >= 0.6 is 11.3 Å². The zero-order valence-corrected chi connectivity index (χ0v) is 22.9. The molecule has 1 aliphatic heterocycles. The third kappa shape index (κ3) is 6.97. The average Bonchev–Trinajstić information content (AvgIpc) is 3.39. The Balaban J connectivity index is 1.70. The van der Waals surface area contributed by atoms with E-state index in [9.17, 15) is 14.5 Å². The number of nitrogens with one attached hydrogen (secondary N) is 1. The number of likely N-dealkylation sites (tertiary alicyclic amines) is 1. The minimum Gasteiger partial charge on any atom is -0.344 e. The first-order chi connectivity index (χ1) is 16.3. The number of benzene rings is 1. The smallest absolute Gasteiger partial charge is 0.279 e. The molecule has 2 unspecified atom stereocenters. The van der Waals surface area contributed by atoms with Crippen LogP contribution < -0.4 is 5.32 Å². The number of rotatable bonds is 7. The first kappa shape index (κ1) is 27.0. The molecule has 1 N–H and O–H groups in total. The van der Waals surface area contributed by atoms with Crippen molar-refractivity contribution in [1.82, 2.24) is 15.2 Å². The number of thiazole rings is 1. The number of carbonyl (C=O) groups excluding carboxylic acids is 2. The van der Waals surface area contributed by atoms with Gasteiger partial charge in [0, 0.05) is 34.6 Å². The van der Waals surface area contributed by atoms with E-state index in [1.807, 2.05) is 78.2 Å². The lowest BCUT2D eigenvalue weighted by Gasteiger charge is -2.34. The van der Waals surface area contributed by atoms with Gasteiger partial charge >= 0.3 is 0 Å². The first-order valence-corrected chi connectivity index (χ1v) is 13.2. The maximum atomic E-state index is 13.6. The molecule has 2 aromatic rings. The fourth-order valence-electron chi connectivity index (χ4n) is 4.44. The van der Waals surface area contributed by atoms with Gasteiger partial charge in [-0.05, 0) is 29.7 Å². The van der Waals surface area contributed by atoms with Crippen molar-refractivity contribution in [3.63, 3.8) is 0 Å². The van der Waals surface area contributed by atoms with Crippen molar-refractivity contribution in [2.45, 2.75) is 86.5 Å². The number of nitroso groups, excluding NO2 is 1. The Labute approximate surface area is 212 Å². The lowest BCUT2D eigenvalue weighted by molar-refractivity contribution is -0.617. The summed E-state index contributed by atoms with van der Waals surface area (Å²) in [5.74, 6) is -0.323. The number of carbonyl (C=O) groups is 2. The van der Waals surface area contributed by atoms with Crippen molar-refractivity contribution >= 4 is 23.2 Å². The van der Waals surface area contributed by atoms with E-state index >= 15 is 0 Å². The molecular formula is C27H39N4O3S+. The zero-order valence-electron chi connectivity index (χ0n) is 22.1. The number of aryl methyl sites for hydroxylation is 1. The molecule has 0 spiro atoms. The summed E-state index contributed by atoms with van der Waals surface area (Å²) in [6, 6.07) is 7.27. The van der Waals surface area contributed by atoms with Crippen LogP contribution in [0.4, 0.5) is 0 Å². The average molecular weight is 500 g/mol. The number of amides is 2. The number of nitrogens with zero attached hydrogens (tertiary/aromatic N) is 3. The zero-order chi connectivity index (χ0) is 26.0. The molecule has 2 amide bonds. The Morgan fingerprint density at radius 3 is 2.37 bits per heavy atom. The molecule has 1 aromatic heterocycles. The highest BCUT2D eigenvalue weighted by molar-refractivity contribution is 7.13. The highest BCUT2D eigenvalue weighted by atomic mass is 32.1. The summed E-state index contributed by atoms with van der Waals surface area (Å²) in [5.41, 5.74) is 4.16. The summed E-state index contributed by atoms with van der Waals surface area (Å²) in [5, 5.41) is 2.97. The van der Waals surface area contributed by atoms with E-state index in [1.54, 1.807) is 16.2 Å². The van der Waals surface area contributed by atoms with Gasteiger partial charge < -0.3 is 5.32 Å². The van der Waals surface area contributed by atoms with Gasteiger partial charge in [-0.15, -0.1) is 11.3 Å². The number of hydrogen-bond acceptors (Lipinski definition) is 5. The standard InChI is InChI=1S/C27H38N4O3S/c1-18-23(35-17-28-18)20-12-10-19(11-13-20)16-31(34)22-9-8-14-30(22)25(33)24(27(5,6)7)29-21(32)15-26(2,3)4/h10-13,17,22,24H,8-9,14-16H2,1-7H3/p+1. The van der Waals surface area contributed by atoms with Crippen LogP contribution in [0, 0.1) is 22.7 Å². The summed E-state index contributed by atoms with van der Waals surface area (Å²) < 4.78 is 1.01. The SMILES string of the molecule is Cc1ncsc1-c1ccc(C[N+](=O)C2CCCN2C(=O)C(NC(=O)CC(C)(C)C)C(C)(C)C)cc1. The van der Waals surface area contributed by atoms with E-state index in [0.717, 1.165) is 32.9 Å². The van der Waals surface area contributed by atoms with E-state index in [1.165, 1.54) is 0 Å². The minimum atomic E-state index is -0.687. The molecular weight excluding hydrogens is 460 g/mol. The van der Waals surface area contributed by atoms with Crippen LogP contribution in [0.15, 0.2) is 29.8 Å². The van der Waals surface area contributed by atoms with Crippen molar-refractivity contribution < 1.29 is 14.3 Å². The maximum absolute atomic E-state index is 13.6. The number of hydrogen-bond donors (Lipinski definition) is 1. The molecule has 190 valence electrons. The summed E-state index contributed by atoms with van der Waals surface area (Å²) in [7, 11) is 0. The largest absolute Gasteiger partial charge is 0.344 e. The second kappa shape index (κ2) is 10.6. The van der Waals surface area contributed by atoms with Crippen molar-refractivity contribution in [3.05, 3.63) is 45.9 Å². The van der Waals surface area contributed by atoms with Gasteiger partial charge in [-0.2, -0.15) is 0 Å². The van der Waals surface area contributed by atoms with Crippen molar-refractivity contribution in [3.8, 4) is 10.4 Å². The minimum absolute atomic E-state index is 0.142. The molecule has 0 aliphatic carbocycles. The fourth-order valence-corrected chi connectivity index (χ4v) is 5.25. The van der Waals surface area contributed by atoms with E-state index in [2.05, 4.69) is 10.3 Å². The third-order valence-electron chi connectivity index (χ3n) is 6.25. The van der Waals surface area contributed by atoms with Gasteiger partial charge in [0.05, 0.1) is 16.1 Å². The van der Waals surface area contributed by atoms with Crippen molar-refractivity contribution in [2.24, 2.45) is 10.8 Å². The molecule has 1 saturated heterocycles. The van der Waals surface area contributed by atoms with Crippen LogP contribution in [0.5, 0.6) is 0 Å². The van der Waals surface area contributed by atoms with Gasteiger partial charge in [0.25, 0.3) is 12.1 Å². The van der Waals surface area contributed by atoms with Crippen LogP contribution in [0.25, 0.3) is 10.4 Å². The highest BCUT2D eigenvalue weighted by Gasteiger charge is 2.45. The molecule has 35 heavy (non-hydrogen) atoms. The molecule has 0 radical (unpaired) electrons. The second-order valence-electron chi connectivity index (χ2n) is 11.8. The van der Waals surface area contributed by atoms with Crippen LogP contribution in [-0.2, 0) is 16.1 Å². The monoisotopic (exact) mass is 499 g/mol. The number of aromatic nitrogens is 1. The molecule has 1 fully saturated rings. The molecule has 3 rings (SSSR count). The molecule has 7 nitrogen and oxygen atoms in total. The normalized spacial score (nSPS) is 17.3. The van der Waals surface area contributed by atoms with Crippen LogP contribution in [0.3, 0.4) is 0 Å². The third-order valence-corrected chi connectivity index (χ3v) is 7.22. The molecule has 2 atom stereocenters. The van der Waals surface area contributed by atoms with E-state index < -0.39 is 17.6 Å². The van der Waals surface area contributed by atoms with Crippen LogP contribution in [0.1, 0.15) is 72.1 Å². The summed E-state index contributed by atoms with van der Waals surface area (Å²) in [6.45, 7) is 14.5. The van der Waals surface area contributed by atoms with E-state index in [0.29, 0.717) is 19.4 Å². The van der Waals surface area contributed by atoms with E-state index in [4.69, 9.17) is 0 Å². The van der Waals surface area contributed by atoms with Gasteiger partial charge in [0.2, 0.25) is 12.5 Å². The molecule has 2 heterocycles. The highest BCUT2D eigenvalue weighted by Crippen LogP contribution is 2.29. The molecule has 1 aromatic carbocycles. The molecule has 8 heteroatoms. The lowest BCUT2D eigenvalue weighted by atomic mass is 9.84. The van der Waals surface area contributed by atoms with E-state index in [-0.39, 0.29) is 23.8 Å². The second-order valence-corrected chi connectivity index (χ2v) is 12.7. The predicted molar refractivity (Wildman–Crippen MR) is 140 cm³/mol. The molecule has 0 saturated carbocycles. The summed E-state index contributed by atoms with van der Waals surface area (Å²) in [4.78, 5) is 46.6. The quantitative estimate of drug-likeness (QED) is 0.523. The Kier molecular flexibility index (Phi) is 8.14. The fraction of sp³-hybridized carbons (Fsp3) is 0.593. The summed E-state index contributed by atoms with van der Waals surface area (Å²) >= 11 is 1.60. The summed E-state index contributed by atoms with van der Waals surface area (Å²) in [6.07, 6.45) is 1.20. The Hall–Kier alpha value is -2.61. The topological polar surface area (TPSA) is 82.4 Å². The predicted octanol–water partition coefficient (Wildman–Crippen LogP) is 5.31. The van der Waals surface area contributed by atoms with Gasteiger partial charge in [0.1, 0.15) is 6.04 Å². The van der Waals surface area contributed by atoms with Crippen LogP contribution in [0.2, 0.25) is 0 Å². The molecule has 0 bridgehead atoms. The molecule has 1 aliphatic rings. The van der Waals surface area contributed by atoms with Gasteiger partial charge in [-0.25, -0.2) is 4.98 Å². The van der Waals surface area contributed by atoms with Gasteiger partial charge in [-0.1, -0.05) is 65.8 Å². The van der Waals surface area contributed by atoms with Gasteiger partial charge in [0.15, 0.2) is 0 Å². The van der Waals surface area contributed by atoms with Crippen molar-refractivity contribution in [1.29, 1.82) is 0 Å². The first-order valence-electron chi connectivity index (χ1n) is 12.3.